The van der Waals surface area contributed by atoms with Crippen LogP contribution >= 0.6 is 0 Å². The fraction of sp³-hybridized carbons (Fsp3) is 0.296. The van der Waals surface area contributed by atoms with Crippen molar-refractivity contribution in [3.63, 3.8) is 0 Å². The molecule has 0 saturated heterocycles. The monoisotopic (exact) mass is 555 g/mol. The molecule has 0 fully saturated rings. The first-order chi connectivity index (χ1) is 18.4. The molecule has 1 amide bonds. The lowest BCUT2D eigenvalue weighted by atomic mass is 10.1. The number of methoxy groups -OCH3 is 1. The fourth-order valence-corrected chi connectivity index (χ4v) is 5.23. The zero-order valence-electron chi connectivity index (χ0n) is 22.3. The van der Waals surface area contributed by atoms with Crippen LogP contribution in [0.15, 0.2) is 72.3 Å². The average Bonchev–Trinajstić information content (AvgIpc) is 3.51. The van der Waals surface area contributed by atoms with Crippen LogP contribution in [0.3, 0.4) is 0 Å². The zero-order chi connectivity index (χ0) is 28.4. The van der Waals surface area contributed by atoms with Gasteiger partial charge in [0.25, 0.3) is 10.0 Å². The van der Waals surface area contributed by atoms with E-state index in [1.807, 2.05) is 0 Å². The number of halogens is 1. The van der Waals surface area contributed by atoms with Crippen molar-refractivity contribution in [2.75, 3.05) is 14.2 Å². The first kappa shape index (κ1) is 28.0. The van der Waals surface area contributed by atoms with Crippen molar-refractivity contribution in [2.45, 2.75) is 44.4 Å². The van der Waals surface area contributed by atoms with Crippen molar-refractivity contribution >= 4 is 16.1 Å². The molecule has 0 aliphatic rings. The van der Waals surface area contributed by atoms with E-state index in [4.69, 9.17) is 9.47 Å². The SMILES string of the molecule is COCc1cnn(-c2cncc(S(=O)(=O)n3cc(CN(C)C(=O)OC(C)(C)C)cc3-c3ccccc3F)c2)c1. The van der Waals surface area contributed by atoms with E-state index in [9.17, 15) is 17.6 Å². The summed E-state index contributed by atoms with van der Waals surface area (Å²) in [6, 6.07) is 8.86. The normalized spacial score (nSPS) is 11.9. The van der Waals surface area contributed by atoms with Gasteiger partial charge in [-0.25, -0.2) is 26.3 Å². The molecular formula is C27H30FN5O5S. The van der Waals surface area contributed by atoms with Gasteiger partial charge in [-0.2, -0.15) is 5.10 Å². The standard InChI is InChI=1S/C27H30FN5O5S/c1-27(2,3)38-26(34)31(4)15-19-10-25(23-8-6-7-9-24(23)28)33(17-19)39(35,36)22-11-21(13-29-14-22)32-16-20(12-30-32)18-37-5/h6-14,16-17H,15,18H2,1-5H3. The molecule has 0 unspecified atom stereocenters. The maximum atomic E-state index is 14.9. The van der Waals surface area contributed by atoms with E-state index in [1.165, 1.54) is 59.5 Å². The Balaban J connectivity index is 1.75. The van der Waals surface area contributed by atoms with Crippen LogP contribution in [0.1, 0.15) is 31.9 Å². The van der Waals surface area contributed by atoms with E-state index in [0.717, 1.165) is 9.54 Å². The molecule has 0 aliphatic carbocycles. The minimum atomic E-state index is -4.25. The van der Waals surface area contributed by atoms with Gasteiger partial charge in [0.05, 0.1) is 36.9 Å². The van der Waals surface area contributed by atoms with Crippen molar-refractivity contribution < 1.29 is 27.1 Å². The number of benzene rings is 1. The molecule has 0 saturated carbocycles. The largest absolute Gasteiger partial charge is 0.444 e. The molecule has 0 radical (unpaired) electrons. The van der Waals surface area contributed by atoms with E-state index < -0.39 is 27.5 Å². The predicted octanol–water partition coefficient (Wildman–Crippen LogP) is 4.63. The van der Waals surface area contributed by atoms with Crippen LogP contribution in [0.2, 0.25) is 0 Å². The summed E-state index contributed by atoms with van der Waals surface area (Å²) in [6.45, 7) is 5.64. The minimum absolute atomic E-state index is 0.0345. The molecule has 0 atom stereocenters. The molecule has 12 heteroatoms. The molecule has 0 N–H and O–H groups in total. The molecule has 0 bridgehead atoms. The lowest BCUT2D eigenvalue weighted by Gasteiger charge is -2.24. The Morgan fingerprint density at radius 1 is 1.08 bits per heavy atom. The molecule has 1 aromatic carbocycles. The second-order valence-corrected chi connectivity index (χ2v) is 11.8. The van der Waals surface area contributed by atoms with Crippen molar-refractivity contribution in [1.82, 2.24) is 23.6 Å². The van der Waals surface area contributed by atoms with Crippen molar-refractivity contribution in [3.8, 4) is 16.9 Å². The number of carbonyl (C=O) groups is 1. The molecule has 4 aromatic rings. The Morgan fingerprint density at radius 3 is 2.51 bits per heavy atom. The number of aromatic nitrogens is 4. The van der Waals surface area contributed by atoms with Gasteiger partial charge in [-0.3, -0.25) is 4.98 Å². The number of nitrogens with zero attached hydrogens (tertiary/aromatic N) is 5. The summed E-state index contributed by atoms with van der Waals surface area (Å²) in [5, 5.41) is 4.25. The van der Waals surface area contributed by atoms with E-state index in [0.29, 0.717) is 17.9 Å². The Kier molecular flexibility index (Phi) is 7.89. The molecule has 4 rings (SSSR count). The van der Waals surface area contributed by atoms with Crippen LogP contribution in [-0.2, 0) is 32.6 Å². The van der Waals surface area contributed by atoms with Gasteiger partial charge < -0.3 is 14.4 Å². The van der Waals surface area contributed by atoms with Crippen LogP contribution in [0.4, 0.5) is 9.18 Å². The van der Waals surface area contributed by atoms with E-state index >= 15 is 0 Å². The Labute approximate surface area is 226 Å². The van der Waals surface area contributed by atoms with Crippen LogP contribution in [-0.4, -0.2) is 57.9 Å². The van der Waals surface area contributed by atoms with Crippen LogP contribution in [0, 0.1) is 5.82 Å². The summed E-state index contributed by atoms with van der Waals surface area (Å²) in [6.07, 6.45) is 6.82. The number of rotatable bonds is 8. The number of ether oxygens (including phenoxy) is 2. The average molecular weight is 556 g/mol. The second kappa shape index (κ2) is 11.0. The van der Waals surface area contributed by atoms with E-state index in [-0.39, 0.29) is 22.7 Å². The molecule has 3 heterocycles. The predicted molar refractivity (Wildman–Crippen MR) is 142 cm³/mol. The van der Waals surface area contributed by atoms with Gasteiger partial charge in [-0.05, 0) is 50.6 Å². The molecule has 206 valence electrons. The molecule has 10 nitrogen and oxygen atoms in total. The number of hydrogen-bond acceptors (Lipinski definition) is 7. The molecule has 0 spiro atoms. The summed E-state index contributed by atoms with van der Waals surface area (Å²) in [5.74, 6) is -0.590. The van der Waals surface area contributed by atoms with E-state index in [1.54, 1.807) is 52.4 Å². The quantitative estimate of drug-likeness (QED) is 0.312. The van der Waals surface area contributed by atoms with Gasteiger partial charge in [-0.1, -0.05) is 12.1 Å². The summed E-state index contributed by atoms with van der Waals surface area (Å²) >= 11 is 0. The minimum Gasteiger partial charge on any atom is -0.444 e. The van der Waals surface area contributed by atoms with Gasteiger partial charge >= 0.3 is 6.09 Å². The lowest BCUT2D eigenvalue weighted by Crippen LogP contribution is -2.33. The van der Waals surface area contributed by atoms with Gasteiger partial charge in [-0.15, -0.1) is 0 Å². The summed E-state index contributed by atoms with van der Waals surface area (Å²) in [7, 11) is -1.14. The number of amides is 1. The smallest absolute Gasteiger partial charge is 0.410 e. The summed E-state index contributed by atoms with van der Waals surface area (Å²) in [4.78, 5) is 17.8. The lowest BCUT2D eigenvalue weighted by molar-refractivity contribution is 0.0285. The van der Waals surface area contributed by atoms with Gasteiger partial charge in [0.1, 0.15) is 16.3 Å². The van der Waals surface area contributed by atoms with Crippen LogP contribution < -0.4 is 0 Å². The molecule has 3 aromatic heterocycles. The van der Waals surface area contributed by atoms with Crippen molar-refractivity contribution in [2.24, 2.45) is 0 Å². The highest BCUT2D eigenvalue weighted by molar-refractivity contribution is 7.90. The zero-order valence-corrected chi connectivity index (χ0v) is 23.1. The second-order valence-electron chi connectivity index (χ2n) is 9.96. The molecular weight excluding hydrogens is 525 g/mol. The first-order valence-electron chi connectivity index (χ1n) is 12.0. The van der Waals surface area contributed by atoms with Crippen molar-refractivity contribution in [3.05, 3.63) is 84.3 Å². The molecule has 0 aliphatic heterocycles. The van der Waals surface area contributed by atoms with Crippen LogP contribution in [0.5, 0.6) is 0 Å². The van der Waals surface area contributed by atoms with Gasteiger partial charge in [0.2, 0.25) is 0 Å². The summed E-state index contributed by atoms with van der Waals surface area (Å²) < 4.78 is 55.7. The van der Waals surface area contributed by atoms with Crippen molar-refractivity contribution in [1.29, 1.82) is 0 Å². The fourth-order valence-electron chi connectivity index (χ4n) is 3.86. The third kappa shape index (κ3) is 6.35. The Morgan fingerprint density at radius 2 is 1.82 bits per heavy atom. The number of carbonyl (C=O) groups excluding carboxylic acids is 1. The number of pyridine rings is 1. The highest BCUT2D eigenvalue weighted by atomic mass is 32.2. The first-order valence-corrected chi connectivity index (χ1v) is 13.5. The van der Waals surface area contributed by atoms with Crippen LogP contribution in [0.25, 0.3) is 16.9 Å². The van der Waals surface area contributed by atoms with E-state index in [2.05, 4.69) is 10.1 Å². The molecule has 39 heavy (non-hydrogen) atoms. The number of hydrogen-bond donors (Lipinski definition) is 0. The third-order valence-electron chi connectivity index (χ3n) is 5.58. The Hall–Kier alpha value is -4.03. The Bertz CT molecular complexity index is 1590. The summed E-state index contributed by atoms with van der Waals surface area (Å²) in [5.41, 5.74) is 1.18. The van der Waals surface area contributed by atoms with Gasteiger partial charge in [0.15, 0.2) is 0 Å². The maximum absolute atomic E-state index is 14.9. The highest BCUT2D eigenvalue weighted by Crippen LogP contribution is 2.30. The van der Waals surface area contributed by atoms with Gasteiger partial charge in [0, 0.05) is 43.9 Å². The topological polar surface area (TPSA) is 109 Å². The third-order valence-corrected chi connectivity index (χ3v) is 7.22. The maximum Gasteiger partial charge on any atom is 0.410 e. The highest BCUT2D eigenvalue weighted by Gasteiger charge is 2.26.